The highest BCUT2D eigenvalue weighted by atomic mass is 16.5. The van der Waals surface area contributed by atoms with Crippen molar-refractivity contribution in [2.45, 2.75) is 63.6 Å². The fraction of sp³-hybridized carbons (Fsp3) is 0.722. The SMILES string of the molecule is CC(Cc1cnc[nH]1)C(=O)NC1CC(NC(=O)C23CC(C)(CO2)C3)C1. The number of carbonyl (C=O) groups excluding carboxylic acids is 2. The van der Waals surface area contributed by atoms with E-state index in [1.807, 2.05) is 6.92 Å². The predicted octanol–water partition coefficient (Wildman–Crippen LogP) is 0.921. The summed E-state index contributed by atoms with van der Waals surface area (Å²) in [6.45, 7) is 4.78. The second-order valence-electron chi connectivity index (χ2n) is 8.48. The predicted molar refractivity (Wildman–Crippen MR) is 90.6 cm³/mol. The van der Waals surface area contributed by atoms with Crippen molar-refractivity contribution >= 4 is 11.8 Å². The van der Waals surface area contributed by atoms with Gasteiger partial charge in [0.15, 0.2) is 0 Å². The maximum atomic E-state index is 12.4. The van der Waals surface area contributed by atoms with E-state index >= 15 is 0 Å². The van der Waals surface area contributed by atoms with Crippen LogP contribution in [0, 0.1) is 11.3 Å². The van der Waals surface area contributed by atoms with Gasteiger partial charge in [-0.3, -0.25) is 9.59 Å². The monoisotopic (exact) mass is 346 g/mol. The van der Waals surface area contributed by atoms with Crippen LogP contribution in [-0.4, -0.2) is 46.1 Å². The van der Waals surface area contributed by atoms with Gasteiger partial charge in [-0.25, -0.2) is 4.98 Å². The molecule has 0 spiro atoms. The molecule has 1 unspecified atom stereocenters. The Labute approximate surface area is 147 Å². The number of H-pyrrole nitrogens is 1. The van der Waals surface area contributed by atoms with Gasteiger partial charge in [-0.1, -0.05) is 13.8 Å². The Morgan fingerprint density at radius 1 is 1.36 bits per heavy atom. The van der Waals surface area contributed by atoms with E-state index in [9.17, 15) is 9.59 Å². The molecular weight excluding hydrogens is 320 g/mol. The third-order valence-corrected chi connectivity index (χ3v) is 5.88. The fourth-order valence-electron chi connectivity index (χ4n) is 4.40. The first-order chi connectivity index (χ1) is 11.9. The van der Waals surface area contributed by atoms with Crippen molar-refractivity contribution in [3.05, 3.63) is 18.2 Å². The number of hydrogen-bond donors (Lipinski definition) is 3. The van der Waals surface area contributed by atoms with Gasteiger partial charge in [0.2, 0.25) is 5.91 Å². The molecule has 7 nitrogen and oxygen atoms in total. The van der Waals surface area contributed by atoms with Crippen LogP contribution in [0.2, 0.25) is 0 Å². The lowest BCUT2D eigenvalue weighted by molar-refractivity contribution is -0.146. The van der Waals surface area contributed by atoms with Crippen molar-refractivity contribution in [3.8, 4) is 0 Å². The molecule has 5 rings (SSSR count). The first kappa shape index (κ1) is 16.6. The number of imidazole rings is 1. The Morgan fingerprint density at radius 3 is 2.68 bits per heavy atom. The Kier molecular flexibility index (Phi) is 3.86. The minimum absolute atomic E-state index is 0.0323. The van der Waals surface area contributed by atoms with E-state index in [1.54, 1.807) is 12.5 Å². The summed E-state index contributed by atoms with van der Waals surface area (Å²) in [6, 6.07) is 0.293. The van der Waals surface area contributed by atoms with Crippen LogP contribution >= 0.6 is 0 Å². The Morgan fingerprint density at radius 2 is 2.08 bits per heavy atom. The van der Waals surface area contributed by atoms with Crippen molar-refractivity contribution in [2.75, 3.05) is 6.61 Å². The topological polar surface area (TPSA) is 96.1 Å². The largest absolute Gasteiger partial charge is 0.365 e. The minimum atomic E-state index is -0.568. The highest BCUT2D eigenvalue weighted by Crippen LogP contribution is 2.57. The van der Waals surface area contributed by atoms with E-state index in [-0.39, 0.29) is 35.2 Å². The van der Waals surface area contributed by atoms with Crippen LogP contribution in [0.5, 0.6) is 0 Å². The van der Waals surface area contributed by atoms with E-state index in [4.69, 9.17) is 4.74 Å². The van der Waals surface area contributed by atoms with Crippen LogP contribution in [0.15, 0.2) is 12.5 Å². The van der Waals surface area contributed by atoms with Crippen LogP contribution < -0.4 is 10.6 Å². The molecule has 25 heavy (non-hydrogen) atoms. The summed E-state index contributed by atoms with van der Waals surface area (Å²) in [5.41, 5.74) is 0.602. The van der Waals surface area contributed by atoms with Crippen LogP contribution in [0.1, 0.15) is 45.2 Å². The van der Waals surface area contributed by atoms with Crippen molar-refractivity contribution in [3.63, 3.8) is 0 Å². The molecule has 7 heteroatoms. The lowest BCUT2D eigenvalue weighted by atomic mass is 9.63. The van der Waals surface area contributed by atoms with Gasteiger partial charge in [0.25, 0.3) is 5.91 Å². The molecule has 1 aromatic rings. The number of hydrogen-bond acceptors (Lipinski definition) is 4. The third-order valence-electron chi connectivity index (χ3n) is 5.88. The lowest BCUT2D eigenvalue weighted by Crippen LogP contribution is -2.60. The molecule has 0 radical (unpaired) electrons. The molecule has 1 atom stereocenters. The molecular formula is C18H26N4O3. The summed E-state index contributed by atoms with van der Waals surface area (Å²) in [4.78, 5) is 31.7. The van der Waals surface area contributed by atoms with Gasteiger partial charge in [-0.15, -0.1) is 0 Å². The molecule has 4 aliphatic rings. The van der Waals surface area contributed by atoms with Crippen molar-refractivity contribution in [1.82, 2.24) is 20.6 Å². The maximum Gasteiger partial charge on any atom is 0.252 e. The molecule has 2 amide bonds. The number of aromatic amines is 1. The van der Waals surface area contributed by atoms with Crippen molar-refractivity contribution < 1.29 is 14.3 Å². The van der Waals surface area contributed by atoms with Crippen molar-refractivity contribution in [1.29, 1.82) is 0 Å². The second kappa shape index (κ2) is 5.83. The van der Waals surface area contributed by atoms with E-state index in [0.29, 0.717) is 13.0 Å². The van der Waals surface area contributed by atoms with Crippen molar-refractivity contribution in [2.24, 2.45) is 11.3 Å². The van der Waals surface area contributed by atoms with Crippen LogP contribution in [0.4, 0.5) is 0 Å². The average Bonchev–Trinajstić information content (AvgIpc) is 3.19. The van der Waals surface area contributed by atoms with E-state index in [1.165, 1.54) is 0 Å². The molecule has 2 aliphatic carbocycles. The number of nitrogens with zero attached hydrogens (tertiary/aromatic N) is 1. The Hall–Kier alpha value is -1.89. The highest BCUT2D eigenvalue weighted by Gasteiger charge is 2.64. The van der Waals surface area contributed by atoms with Gasteiger partial charge in [-0.05, 0) is 31.1 Å². The normalized spacial score (nSPS) is 36.9. The summed E-state index contributed by atoms with van der Waals surface area (Å²) >= 11 is 0. The molecule has 2 bridgehead atoms. The number of carbonyl (C=O) groups is 2. The molecule has 0 aromatic carbocycles. The standard InChI is InChI=1S/C18H26N4O3/c1-11(3-14-6-19-10-20-14)15(23)21-12-4-13(5-12)22-16(24)18-7-17(2,8-18)9-25-18/h6,10-13H,3-5,7-9H2,1-2H3,(H,19,20)(H,21,23)(H,22,24). The first-order valence-corrected chi connectivity index (χ1v) is 9.10. The molecule has 3 N–H and O–H groups in total. The average molecular weight is 346 g/mol. The first-order valence-electron chi connectivity index (χ1n) is 9.10. The fourth-order valence-corrected chi connectivity index (χ4v) is 4.40. The molecule has 1 aromatic heterocycles. The second-order valence-corrected chi connectivity index (χ2v) is 8.48. The van der Waals surface area contributed by atoms with Gasteiger partial charge in [0.05, 0.1) is 12.9 Å². The molecule has 2 saturated heterocycles. The van der Waals surface area contributed by atoms with E-state index in [0.717, 1.165) is 31.4 Å². The number of amides is 2. The zero-order chi connectivity index (χ0) is 17.7. The molecule has 4 fully saturated rings. The van der Waals surface area contributed by atoms with Gasteiger partial charge in [-0.2, -0.15) is 0 Å². The minimum Gasteiger partial charge on any atom is -0.365 e. The van der Waals surface area contributed by atoms with E-state index in [2.05, 4.69) is 27.5 Å². The quantitative estimate of drug-likeness (QED) is 0.714. The third kappa shape index (κ3) is 3.05. The number of rotatable bonds is 6. The van der Waals surface area contributed by atoms with Crippen LogP contribution in [0.25, 0.3) is 0 Å². The highest BCUT2D eigenvalue weighted by molar-refractivity contribution is 5.87. The molecule has 2 aliphatic heterocycles. The molecule has 2 saturated carbocycles. The number of fused-ring (bicyclic) bond motifs is 1. The summed E-state index contributed by atoms with van der Waals surface area (Å²) in [6.07, 6.45) is 7.28. The van der Waals surface area contributed by atoms with Gasteiger partial charge < -0.3 is 20.4 Å². The maximum absolute atomic E-state index is 12.4. The number of ether oxygens (including phenoxy) is 1. The molecule has 136 valence electrons. The van der Waals surface area contributed by atoms with Gasteiger partial charge >= 0.3 is 0 Å². The number of nitrogens with one attached hydrogen (secondary N) is 3. The Bertz CT molecular complexity index is 660. The van der Waals surface area contributed by atoms with Gasteiger partial charge in [0.1, 0.15) is 5.60 Å². The summed E-state index contributed by atoms with van der Waals surface area (Å²) in [5, 5.41) is 6.17. The van der Waals surface area contributed by atoms with Crippen LogP contribution in [-0.2, 0) is 20.7 Å². The summed E-state index contributed by atoms with van der Waals surface area (Å²) in [5.74, 6) is -0.0192. The lowest BCUT2D eigenvalue weighted by Gasteiger charge is -2.43. The number of aromatic nitrogens is 2. The zero-order valence-electron chi connectivity index (χ0n) is 14.8. The summed E-state index contributed by atoms with van der Waals surface area (Å²) < 4.78 is 5.73. The summed E-state index contributed by atoms with van der Waals surface area (Å²) in [7, 11) is 0. The smallest absolute Gasteiger partial charge is 0.252 e. The van der Waals surface area contributed by atoms with Gasteiger partial charge in [0, 0.05) is 36.3 Å². The zero-order valence-corrected chi connectivity index (χ0v) is 14.8. The Balaban J connectivity index is 1.18. The van der Waals surface area contributed by atoms with E-state index < -0.39 is 5.60 Å². The molecule has 3 heterocycles. The van der Waals surface area contributed by atoms with Crippen LogP contribution in [0.3, 0.4) is 0 Å².